The maximum absolute atomic E-state index is 12.9. The van der Waals surface area contributed by atoms with E-state index in [1.807, 2.05) is 0 Å². The van der Waals surface area contributed by atoms with Crippen LogP contribution >= 0.6 is 0 Å². The van der Waals surface area contributed by atoms with Gasteiger partial charge in [0.2, 0.25) is 10.0 Å². The Balaban J connectivity index is 1.55. The van der Waals surface area contributed by atoms with Gasteiger partial charge >= 0.3 is 6.18 Å². The molecule has 152 valence electrons. The average Bonchev–Trinajstić information content (AvgIpc) is 3.39. The maximum Gasteiger partial charge on any atom is 0.416 e. The molecule has 6 nitrogen and oxygen atoms in total. The van der Waals surface area contributed by atoms with E-state index >= 15 is 0 Å². The first-order valence-corrected chi connectivity index (χ1v) is 10.3. The normalized spacial score (nSPS) is 18.2. The van der Waals surface area contributed by atoms with Crippen LogP contribution in [0.1, 0.15) is 18.0 Å². The number of benzene rings is 2. The van der Waals surface area contributed by atoms with Gasteiger partial charge in [-0.2, -0.15) is 32.5 Å². The van der Waals surface area contributed by atoms with Crippen molar-refractivity contribution >= 4 is 10.0 Å². The van der Waals surface area contributed by atoms with Crippen LogP contribution in [0.25, 0.3) is 11.1 Å². The topological polar surface area (TPSA) is 68.1 Å². The molecule has 0 radical (unpaired) electrons. The van der Waals surface area contributed by atoms with Crippen molar-refractivity contribution in [2.75, 3.05) is 13.1 Å². The molecule has 1 aliphatic rings. The van der Waals surface area contributed by atoms with Gasteiger partial charge in [0.15, 0.2) is 0 Å². The van der Waals surface area contributed by atoms with Gasteiger partial charge in [-0.1, -0.05) is 24.3 Å². The Morgan fingerprint density at radius 1 is 0.966 bits per heavy atom. The summed E-state index contributed by atoms with van der Waals surface area (Å²) in [6.07, 6.45) is -0.738. The maximum atomic E-state index is 12.9. The molecule has 4 rings (SSSR count). The van der Waals surface area contributed by atoms with Crippen LogP contribution in [-0.2, 0) is 16.2 Å². The summed E-state index contributed by atoms with van der Waals surface area (Å²) in [5.41, 5.74) is 0.131. The summed E-state index contributed by atoms with van der Waals surface area (Å²) in [6, 6.07) is 10.7. The third-order valence-corrected chi connectivity index (χ3v) is 6.78. The standard InChI is InChI=1S/C19H17F3N4O2S/c20-19(21,22)16-3-1-2-15(12-16)14-4-6-18(7-5-14)29(27,28)25-11-8-17(13-25)26-23-9-10-24-26/h1-7,9-10,12,17H,8,11,13H2/t17-/m1/s1. The van der Waals surface area contributed by atoms with Gasteiger partial charge in [0.25, 0.3) is 0 Å². The highest BCUT2D eigenvalue weighted by molar-refractivity contribution is 7.89. The van der Waals surface area contributed by atoms with Crippen molar-refractivity contribution in [3.8, 4) is 11.1 Å². The Morgan fingerprint density at radius 2 is 1.66 bits per heavy atom. The Morgan fingerprint density at radius 3 is 2.31 bits per heavy atom. The molecule has 3 aromatic rings. The highest BCUT2D eigenvalue weighted by Gasteiger charge is 2.34. The molecule has 0 unspecified atom stereocenters. The number of hydrogen-bond acceptors (Lipinski definition) is 4. The van der Waals surface area contributed by atoms with Crippen molar-refractivity contribution in [3.63, 3.8) is 0 Å². The first kappa shape index (κ1) is 19.6. The van der Waals surface area contributed by atoms with Crippen molar-refractivity contribution in [2.45, 2.75) is 23.5 Å². The predicted octanol–water partition coefficient (Wildman–Crippen LogP) is 3.60. The molecule has 0 N–H and O–H groups in total. The van der Waals surface area contributed by atoms with E-state index in [0.29, 0.717) is 24.1 Å². The molecule has 1 aromatic heterocycles. The summed E-state index contributed by atoms with van der Waals surface area (Å²) >= 11 is 0. The van der Waals surface area contributed by atoms with Gasteiger partial charge < -0.3 is 0 Å². The average molecular weight is 422 g/mol. The molecule has 1 aliphatic heterocycles. The molecule has 0 aliphatic carbocycles. The third kappa shape index (κ3) is 3.90. The van der Waals surface area contributed by atoms with E-state index in [0.717, 1.165) is 12.1 Å². The van der Waals surface area contributed by atoms with E-state index < -0.39 is 21.8 Å². The molecule has 0 saturated carbocycles. The van der Waals surface area contributed by atoms with Crippen LogP contribution in [0, 0.1) is 0 Å². The fraction of sp³-hybridized carbons (Fsp3) is 0.263. The molecule has 29 heavy (non-hydrogen) atoms. The predicted molar refractivity (Wildman–Crippen MR) is 99.3 cm³/mol. The van der Waals surface area contributed by atoms with Gasteiger partial charge in [0, 0.05) is 13.1 Å². The summed E-state index contributed by atoms with van der Waals surface area (Å²) in [5.74, 6) is 0. The fourth-order valence-electron chi connectivity index (χ4n) is 3.38. The Kier molecular flexibility index (Phi) is 4.91. The molecule has 0 amide bonds. The second-order valence-corrected chi connectivity index (χ2v) is 8.70. The van der Waals surface area contributed by atoms with E-state index in [9.17, 15) is 21.6 Å². The van der Waals surface area contributed by atoms with Crippen molar-refractivity contribution in [3.05, 3.63) is 66.5 Å². The lowest BCUT2D eigenvalue weighted by Crippen LogP contribution is -2.29. The zero-order valence-electron chi connectivity index (χ0n) is 15.1. The summed E-state index contributed by atoms with van der Waals surface area (Å²) in [4.78, 5) is 1.61. The minimum absolute atomic E-state index is 0.0994. The number of nitrogens with zero attached hydrogens (tertiary/aromatic N) is 4. The summed E-state index contributed by atoms with van der Waals surface area (Å²) < 4.78 is 65.9. The van der Waals surface area contributed by atoms with Gasteiger partial charge in [-0.3, -0.25) is 0 Å². The monoisotopic (exact) mass is 422 g/mol. The number of aromatic nitrogens is 3. The Labute approximate surface area is 165 Å². The largest absolute Gasteiger partial charge is 0.416 e. The van der Waals surface area contributed by atoms with Gasteiger partial charge in [0.1, 0.15) is 0 Å². The zero-order valence-corrected chi connectivity index (χ0v) is 15.9. The van der Waals surface area contributed by atoms with E-state index in [4.69, 9.17) is 0 Å². The van der Waals surface area contributed by atoms with Crippen LogP contribution in [0.2, 0.25) is 0 Å². The molecule has 0 bridgehead atoms. The van der Waals surface area contributed by atoms with Crippen LogP contribution in [0.5, 0.6) is 0 Å². The molecule has 0 spiro atoms. The first-order valence-electron chi connectivity index (χ1n) is 8.89. The van der Waals surface area contributed by atoms with Crippen LogP contribution < -0.4 is 0 Å². The molecular formula is C19H17F3N4O2S. The lowest BCUT2D eigenvalue weighted by atomic mass is 10.0. The van der Waals surface area contributed by atoms with Crippen molar-refractivity contribution < 1.29 is 21.6 Å². The minimum Gasteiger partial charge on any atom is -0.207 e. The number of hydrogen-bond donors (Lipinski definition) is 0. The van der Waals surface area contributed by atoms with Gasteiger partial charge in [-0.25, -0.2) is 8.42 Å². The zero-order chi connectivity index (χ0) is 20.6. The van der Waals surface area contributed by atoms with Gasteiger partial charge in [-0.15, -0.1) is 0 Å². The van der Waals surface area contributed by atoms with E-state index in [1.165, 1.54) is 39.4 Å². The number of rotatable bonds is 4. The summed E-state index contributed by atoms with van der Waals surface area (Å²) in [7, 11) is -3.71. The quantitative estimate of drug-likeness (QED) is 0.644. The molecule has 2 aromatic carbocycles. The Hall–Kier alpha value is -2.72. The Bertz CT molecular complexity index is 1100. The van der Waals surface area contributed by atoms with E-state index in [-0.39, 0.29) is 17.5 Å². The molecular weight excluding hydrogens is 405 g/mol. The fourth-order valence-corrected chi connectivity index (χ4v) is 4.87. The molecule has 10 heteroatoms. The first-order chi connectivity index (χ1) is 13.7. The number of sulfonamides is 1. The van der Waals surface area contributed by atoms with Crippen molar-refractivity contribution in [2.24, 2.45) is 0 Å². The summed E-state index contributed by atoms with van der Waals surface area (Å²) in [5, 5.41) is 8.12. The van der Waals surface area contributed by atoms with Crippen molar-refractivity contribution in [1.29, 1.82) is 0 Å². The second kappa shape index (κ2) is 7.27. The van der Waals surface area contributed by atoms with Gasteiger partial charge in [0.05, 0.1) is 28.9 Å². The number of halogens is 3. The third-order valence-electron chi connectivity index (χ3n) is 4.90. The lowest BCUT2D eigenvalue weighted by molar-refractivity contribution is -0.137. The van der Waals surface area contributed by atoms with E-state index in [2.05, 4.69) is 10.2 Å². The van der Waals surface area contributed by atoms with Crippen LogP contribution in [0.3, 0.4) is 0 Å². The molecule has 1 saturated heterocycles. The number of alkyl halides is 3. The lowest BCUT2D eigenvalue weighted by Gasteiger charge is -2.17. The smallest absolute Gasteiger partial charge is 0.207 e. The highest BCUT2D eigenvalue weighted by Crippen LogP contribution is 2.33. The van der Waals surface area contributed by atoms with Crippen LogP contribution in [-0.4, -0.2) is 40.8 Å². The van der Waals surface area contributed by atoms with Crippen molar-refractivity contribution in [1.82, 2.24) is 19.3 Å². The minimum atomic E-state index is -4.44. The molecule has 2 heterocycles. The SMILES string of the molecule is O=S(=O)(c1ccc(-c2cccc(C(F)(F)F)c2)cc1)N1CC[C@@H](n2nccn2)C1. The van der Waals surface area contributed by atoms with Crippen LogP contribution in [0.15, 0.2) is 65.8 Å². The van der Waals surface area contributed by atoms with Crippen LogP contribution in [0.4, 0.5) is 13.2 Å². The molecule has 1 atom stereocenters. The highest BCUT2D eigenvalue weighted by atomic mass is 32.2. The second-order valence-electron chi connectivity index (χ2n) is 6.76. The molecule has 1 fully saturated rings. The van der Waals surface area contributed by atoms with E-state index in [1.54, 1.807) is 18.5 Å². The van der Waals surface area contributed by atoms with Gasteiger partial charge in [-0.05, 0) is 41.8 Å². The summed E-state index contributed by atoms with van der Waals surface area (Å²) in [6.45, 7) is 0.621.